The Morgan fingerprint density at radius 1 is 1.00 bits per heavy atom. The van der Waals surface area contributed by atoms with E-state index in [2.05, 4.69) is 5.32 Å². The van der Waals surface area contributed by atoms with Crippen LogP contribution in [0.1, 0.15) is 36.1 Å². The van der Waals surface area contributed by atoms with Gasteiger partial charge in [-0.05, 0) is 32.0 Å². The maximum absolute atomic E-state index is 14.1. The molecule has 1 atom stereocenters. The fraction of sp³-hybridized carbons (Fsp3) is 0.294. The number of halogens is 3. The molecule has 21 heavy (non-hydrogen) atoms. The molecule has 0 bridgehead atoms. The summed E-state index contributed by atoms with van der Waals surface area (Å²) in [6.07, 6.45) is 0.806. The highest BCUT2D eigenvalue weighted by Gasteiger charge is 2.22. The van der Waals surface area contributed by atoms with Crippen molar-refractivity contribution in [1.29, 1.82) is 0 Å². The molecule has 0 aliphatic carbocycles. The van der Waals surface area contributed by atoms with Gasteiger partial charge in [0.2, 0.25) is 0 Å². The van der Waals surface area contributed by atoms with Gasteiger partial charge < -0.3 is 5.32 Å². The Morgan fingerprint density at radius 2 is 1.76 bits per heavy atom. The molecule has 1 unspecified atom stereocenters. The van der Waals surface area contributed by atoms with Crippen molar-refractivity contribution in [3.05, 3.63) is 70.5 Å². The van der Waals surface area contributed by atoms with E-state index in [-0.39, 0.29) is 5.56 Å². The quantitative estimate of drug-likeness (QED) is 0.855. The Labute approximate surface area is 122 Å². The van der Waals surface area contributed by atoms with Gasteiger partial charge in [-0.15, -0.1) is 0 Å². The highest BCUT2D eigenvalue weighted by molar-refractivity contribution is 5.36. The van der Waals surface area contributed by atoms with Gasteiger partial charge in [0, 0.05) is 11.1 Å². The van der Waals surface area contributed by atoms with Crippen molar-refractivity contribution >= 4 is 0 Å². The number of benzene rings is 2. The summed E-state index contributed by atoms with van der Waals surface area (Å²) in [5.41, 5.74) is 1.31. The van der Waals surface area contributed by atoms with Gasteiger partial charge >= 0.3 is 0 Å². The Balaban J connectivity index is 2.52. The molecular weight excluding hydrogens is 275 g/mol. The minimum absolute atomic E-state index is 0.118. The first-order valence-electron chi connectivity index (χ1n) is 6.98. The van der Waals surface area contributed by atoms with Crippen LogP contribution in [-0.4, -0.2) is 6.54 Å². The molecule has 0 heterocycles. The average molecular weight is 293 g/mol. The molecule has 0 fully saturated rings. The SMILES string of the molecule is CCCNC(c1cc(C)ccc1F)c1cccc(F)c1F. The van der Waals surface area contributed by atoms with Crippen LogP contribution in [0, 0.1) is 24.4 Å². The van der Waals surface area contributed by atoms with Crippen LogP contribution in [0.5, 0.6) is 0 Å². The molecule has 1 N–H and O–H groups in total. The van der Waals surface area contributed by atoms with Crippen LogP contribution in [0.4, 0.5) is 13.2 Å². The predicted molar refractivity (Wildman–Crippen MR) is 77.6 cm³/mol. The molecule has 0 saturated carbocycles. The van der Waals surface area contributed by atoms with Crippen molar-refractivity contribution in [1.82, 2.24) is 5.32 Å². The second-order valence-electron chi connectivity index (χ2n) is 5.06. The molecule has 2 aromatic carbocycles. The molecule has 0 radical (unpaired) electrons. The van der Waals surface area contributed by atoms with E-state index in [4.69, 9.17) is 0 Å². The lowest BCUT2D eigenvalue weighted by Gasteiger charge is -2.21. The van der Waals surface area contributed by atoms with Crippen molar-refractivity contribution in [3.8, 4) is 0 Å². The van der Waals surface area contributed by atoms with E-state index in [9.17, 15) is 13.2 Å². The number of aryl methyl sites for hydroxylation is 1. The highest BCUT2D eigenvalue weighted by Crippen LogP contribution is 2.28. The fourth-order valence-corrected chi connectivity index (χ4v) is 2.30. The highest BCUT2D eigenvalue weighted by atomic mass is 19.2. The molecule has 0 aliphatic heterocycles. The van der Waals surface area contributed by atoms with E-state index < -0.39 is 23.5 Å². The van der Waals surface area contributed by atoms with Gasteiger partial charge in [0.05, 0.1) is 6.04 Å². The third kappa shape index (κ3) is 3.45. The largest absolute Gasteiger partial charge is 0.306 e. The molecule has 1 nitrogen and oxygen atoms in total. The van der Waals surface area contributed by atoms with Gasteiger partial charge in [-0.1, -0.05) is 36.8 Å². The summed E-state index contributed by atoms with van der Waals surface area (Å²) in [7, 11) is 0. The Morgan fingerprint density at radius 3 is 2.48 bits per heavy atom. The lowest BCUT2D eigenvalue weighted by molar-refractivity contribution is 0.474. The maximum Gasteiger partial charge on any atom is 0.163 e. The number of rotatable bonds is 5. The van der Waals surface area contributed by atoms with Crippen molar-refractivity contribution in [2.75, 3.05) is 6.54 Å². The van der Waals surface area contributed by atoms with E-state index >= 15 is 0 Å². The Kier molecular flexibility index (Phi) is 5.02. The molecule has 0 amide bonds. The molecule has 0 saturated heterocycles. The van der Waals surface area contributed by atoms with Crippen molar-refractivity contribution < 1.29 is 13.2 Å². The van der Waals surface area contributed by atoms with E-state index in [1.807, 2.05) is 13.8 Å². The standard InChI is InChI=1S/C17H18F3N/c1-3-9-21-17(12-5-4-6-15(19)16(12)20)13-10-11(2)7-8-14(13)18/h4-8,10,17,21H,3,9H2,1-2H3. The minimum Gasteiger partial charge on any atom is -0.306 e. The van der Waals surface area contributed by atoms with Gasteiger partial charge in [0.1, 0.15) is 5.82 Å². The molecular formula is C17H18F3N. The predicted octanol–water partition coefficient (Wildman–Crippen LogP) is 4.50. The third-order valence-corrected chi connectivity index (χ3v) is 3.35. The zero-order valence-electron chi connectivity index (χ0n) is 12.1. The number of nitrogens with one attached hydrogen (secondary N) is 1. The van der Waals surface area contributed by atoms with Gasteiger partial charge in [-0.2, -0.15) is 0 Å². The van der Waals surface area contributed by atoms with Crippen molar-refractivity contribution in [2.24, 2.45) is 0 Å². The van der Waals surface area contributed by atoms with Gasteiger partial charge in [-0.25, -0.2) is 13.2 Å². The topological polar surface area (TPSA) is 12.0 Å². The monoisotopic (exact) mass is 293 g/mol. The third-order valence-electron chi connectivity index (χ3n) is 3.35. The summed E-state index contributed by atoms with van der Waals surface area (Å²) in [5, 5.41) is 3.09. The molecule has 2 aromatic rings. The molecule has 4 heteroatoms. The smallest absolute Gasteiger partial charge is 0.163 e. The summed E-state index contributed by atoms with van der Waals surface area (Å²) in [5.74, 6) is -2.30. The fourth-order valence-electron chi connectivity index (χ4n) is 2.30. The van der Waals surface area contributed by atoms with Crippen molar-refractivity contribution in [3.63, 3.8) is 0 Å². The summed E-state index contributed by atoms with van der Waals surface area (Å²) >= 11 is 0. The first kappa shape index (κ1) is 15.6. The normalized spacial score (nSPS) is 12.4. The molecule has 0 aromatic heterocycles. The zero-order chi connectivity index (χ0) is 15.4. The van der Waals surface area contributed by atoms with Gasteiger partial charge in [0.15, 0.2) is 11.6 Å². The van der Waals surface area contributed by atoms with Crippen LogP contribution in [0.15, 0.2) is 36.4 Å². The van der Waals surface area contributed by atoms with Gasteiger partial charge in [0.25, 0.3) is 0 Å². The summed E-state index contributed by atoms with van der Waals surface area (Å²) < 4.78 is 41.6. The zero-order valence-corrected chi connectivity index (χ0v) is 12.1. The minimum atomic E-state index is -0.938. The van der Waals surface area contributed by atoms with Crippen LogP contribution in [0.2, 0.25) is 0 Å². The molecule has 2 rings (SSSR count). The Bertz CT molecular complexity index is 623. The van der Waals surface area contributed by atoms with Crippen LogP contribution < -0.4 is 5.32 Å². The first-order chi connectivity index (χ1) is 10.0. The van der Waals surface area contributed by atoms with Crippen LogP contribution in [0.3, 0.4) is 0 Å². The average Bonchev–Trinajstić information content (AvgIpc) is 2.47. The lowest BCUT2D eigenvalue weighted by atomic mass is 9.96. The summed E-state index contributed by atoms with van der Waals surface area (Å²) in [4.78, 5) is 0. The number of hydrogen-bond donors (Lipinski definition) is 1. The molecule has 0 spiro atoms. The second-order valence-corrected chi connectivity index (χ2v) is 5.06. The summed E-state index contributed by atoms with van der Waals surface area (Å²) in [6.45, 7) is 4.37. The number of hydrogen-bond acceptors (Lipinski definition) is 1. The van der Waals surface area contributed by atoms with Gasteiger partial charge in [-0.3, -0.25) is 0 Å². The molecule has 0 aliphatic rings. The van der Waals surface area contributed by atoms with E-state index in [1.54, 1.807) is 12.1 Å². The van der Waals surface area contributed by atoms with E-state index in [0.29, 0.717) is 12.1 Å². The van der Waals surface area contributed by atoms with Crippen LogP contribution in [-0.2, 0) is 0 Å². The van der Waals surface area contributed by atoms with E-state index in [0.717, 1.165) is 18.1 Å². The Hall–Kier alpha value is -1.81. The summed E-state index contributed by atoms with van der Waals surface area (Å²) in [6, 6.07) is 7.92. The van der Waals surface area contributed by atoms with Crippen molar-refractivity contribution in [2.45, 2.75) is 26.3 Å². The maximum atomic E-state index is 14.1. The second kappa shape index (κ2) is 6.76. The first-order valence-corrected chi connectivity index (χ1v) is 6.98. The van der Waals surface area contributed by atoms with Crippen LogP contribution >= 0.6 is 0 Å². The lowest BCUT2D eigenvalue weighted by Crippen LogP contribution is -2.25. The van der Waals surface area contributed by atoms with E-state index in [1.165, 1.54) is 18.2 Å². The van der Waals surface area contributed by atoms with Crippen LogP contribution in [0.25, 0.3) is 0 Å². The molecule has 112 valence electrons.